The van der Waals surface area contributed by atoms with Crippen molar-refractivity contribution in [3.63, 3.8) is 0 Å². The summed E-state index contributed by atoms with van der Waals surface area (Å²) < 4.78 is 5.23. The maximum atomic E-state index is 5.76. The Balaban J connectivity index is 1.61. The summed E-state index contributed by atoms with van der Waals surface area (Å²) >= 11 is 7.50. The first-order valence-electron chi connectivity index (χ1n) is 7.02. The Morgan fingerprint density at radius 2 is 2.26 bits per heavy atom. The molecular formula is C14H23ClN2OS. The molecule has 0 bridgehead atoms. The van der Waals surface area contributed by atoms with Crippen molar-refractivity contribution in [1.82, 2.24) is 9.88 Å². The monoisotopic (exact) mass is 302 g/mol. The van der Waals surface area contributed by atoms with Crippen LogP contribution in [0.2, 0.25) is 0 Å². The molecule has 1 aliphatic heterocycles. The number of alkyl halides is 1. The van der Waals surface area contributed by atoms with Gasteiger partial charge in [0.2, 0.25) is 0 Å². The van der Waals surface area contributed by atoms with E-state index in [2.05, 4.69) is 15.3 Å². The molecule has 1 saturated heterocycles. The topological polar surface area (TPSA) is 25.4 Å². The van der Waals surface area contributed by atoms with E-state index in [1.807, 2.05) is 0 Å². The number of piperidine rings is 1. The van der Waals surface area contributed by atoms with E-state index in [-0.39, 0.29) is 0 Å². The number of ether oxygens (including phenoxy) is 1. The minimum Gasteiger partial charge on any atom is -0.384 e. The van der Waals surface area contributed by atoms with Gasteiger partial charge >= 0.3 is 0 Å². The molecule has 0 aliphatic carbocycles. The number of aryl methyl sites for hydroxylation is 1. The number of nitrogens with zero attached hydrogens (tertiary/aromatic N) is 2. The number of halogens is 1. The summed E-state index contributed by atoms with van der Waals surface area (Å²) in [6, 6.07) is 0. The van der Waals surface area contributed by atoms with Crippen LogP contribution in [0.25, 0.3) is 0 Å². The van der Waals surface area contributed by atoms with Gasteiger partial charge in [-0.1, -0.05) is 0 Å². The molecule has 0 aromatic carbocycles. The van der Waals surface area contributed by atoms with Crippen LogP contribution in [0.3, 0.4) is 0 Å². The van der Waals surface area contributed by atoms with Crippen LogP contribution in [0.5, 0.6) is 0 Å². The zero-order valence-corrected chi connectivity index (χ0v) is 13.2. The fourth-order valence-corrected chi connectivity index (χ4v) is 3.66. The number of hydrogen-bond acceptors (Lipinski definition) is 4. The Morgan fingerprint density at radius 1 is 1.47 bits per heavy atom. The highest BCUT2D eigenvalue weighted by molar-refractivity contribution is 7.09. The van der Waals surface area contributed by atoms with Crippen molar-refractivity contribution in [2.45, 2.75) is 31.6 Å². The van der Waals surface area contributed by atoms with Crippen molar-refractivity contribution in [2.75, 3.05) is 33.4 Å². The van der Waals surface area contributed by atoms with Gasteiger partial charge in [-0.05, 0) is 44.8 Å². The van der Waals surface area contributed by atoms with E-state index in [4.69, 9.17) is 16.3 Å². The predicted molar refractivity (Wildman–Crippen MR) is 81.0 cm³/mol. The highest BCUT2D eigenvalue weighted by Crippen LogP contribution is 2.18. The van der Waals surface area contributed by atoms with Crippen molar-refractivity contribution in [2.24, 2.45) is 5.92 Å². The Kier molecular flexibility index (Phi) is 6.57. The fourth-order valence-electron chi connectivity index (χ4n) is 2.59. The summed E-state index contributed by atoms with van der Waals surface area (Å²) in [6.07, 6.45) is 4.84. The molecule has 0 radical (unpaired) electrons. The number of methoxy groups -OCH3 is 1. The average Bonchev–Trinajstić information content (AvgIpc) is 2.89. The molecule has 1 aromatic rings. The van der Waals surface area contributed by atoms with Crippen molar-refractivity contribution < 1.29 is 4.74 Å². The van der Waals surface area contributed by atoms with E-state index in [1.165, 1.54) is 43.9 Å². The third-order valence-corrected chi connectivity index (χ3v) is 4.94. The van der Waals surface area contributed by atoms with E-state index < -0.39 is 0 Å². The smallest absolute Gasteiger partial charge is 0.0929 e. The molecule has 0 spiro atoms. The Labute approximate surface area is 124 Å². The second-order valence-electron chi connectivity index (χ2n) is 5.21. The minimum atomic E-state index is 0.531. The molecule has 0 amide bonds. The number of rotatable bonds is 7. The highest BCUT2D eigenvalue weighted by atomic mass is 35.5. The molecule has 1 aliphatic rings. The van der Waals surface area contributed by atoms with Crippen LogP contribution in [0.15, 0.2) is 5.38 Å². The van der Waals surface area contributed by atoms with Gasteiger partial charge in [-0.25, -0.2) is 4.98 Å². The molecule has 3 nitrogen and oxygen atoms in total. The maximum Gasteiger partial charge on any atom is 0.0929 e. The van der Waals surface area contributed by atoms with E-state index in [1.54, 1.807) is 18.4 Å². The molecule has 2 rings (SSSR count). The summed E-state index contributed by atoms with van der Waals surface area (Å²) in [6.45, 7) is 4.56. The average molecular weight is 303 g/mol. The summed E-state index contributed by atoms with van der Waals surface area (Å²) in [5.74, 6) is 1.30. The summed E-state index contributed by atoms with van der Waals surface area (Å²) in [4.78, 5) is 7.07. The second-order valence-corrected chi connectivity index (χ2v) is 6.42. The zero-order valence-electron chi connectivity index (χ0n) is 11.6. The first-order chi connectivity index (χ1) is 9.31. The number of likely N-dealkylation sites (tertiary alicyclic amines) is 1. The fraction of sp³-hybridized carbons (Fsp3) is 0.786. The second kappa shape index (κ2) is 8.20. The predicted octanol–water partition coefficient (Wildman–Crippen LogP) is 3.17. The van der Waals surface area contributed by atoms with E-state index in [9.17, 15) is 0 Å². The quantitative estimate of drug-likeness (QED) is 0.723. The first kappa shape index (κ1) is 15.2. The van der Waals surface area contributed by atoms with Gasteiger partial charge in [-0.2, -0.15) is 0 Å². The van der Waals surface area contributed by atoms with Gasteiger partial charge in [0.1, 0.15) is 0 Å². The molecule has 108 valence electrons. The van der Waals surface area contributed by atoms with Crippen LogP contribution in [0.4, 0.5) is 0 Å². The Morgan fingerprint density at radius 3 is 2.89 bits per heavy atom. The van der Waals surface area contributed by atoms with Gasteiger partial charge in [0.05, 0.1) is 16.6 Å². The summed E-state index contributed by atoms with van der Waals surface area (Å²) in [5.41, 5.74) is 1.02. The zero-order chi connectivity index (χ0) is 13.5. The molecule has 0 atom stereocenters. The van der Waals surface area contributed by atoms with Gasteiger partial charge in [0.25, 0.3) is 0 Å². The van der Waals surface area contributed by atoms with Crippen molar-refractivity contribution in [1.29, 1.82) is 0 Å². The van der Waals surface area contributed by atoms with Crippen molar-refractivity contribution in [3.8, 4) is 0 Å². The highest BCUT2D eigenvalue weighted by Gasteiger charge is 2.18. The van der Waals surface area contributed by atoms with Crippen LogP contribution in [-0.4, -0.2) is 43.2 Å². The molecular weight excluding hydrogens is 280 g/mol. The molecule has 0 N–H and O–H groups in total. The SMILES string of the molecule is COCC1CCN(CCCc2nc(CCl)cs2)CC1. The third-order valence-electron chi connectivity index (χ3n) is 3.71. The maximum absolute atomic E-state index is 5.76. The first-order valence-corrected chi connectivity index (χ1v) is 8.43. The molecule has 5 heteroatoms. The summed E-state index contributed by atoms with van der Waals surface area (Å²) in [7, 11) is 1.80. The van der Waals surface area contributed by atoms with Crippen molar-refractivity contribution >= 4 is 22.9 Å². The van der Waals surface area contributed by atoms with Gasteiger partial charge in [-0.3, -0.25) is 0 Å². The molecule has 2 heterocycles. The van der Waals surface area contributed by atoms with Gasteiger partial charge < -0.3 is 9.64 Å². The third kappa shape index (κ3) is 5.03. The van der Waals surface area contributed by atoms with Gasteiger partial charge in [0, 0.05) is 25.5 Å². The largest absolute Gasteiger partial charge is 0.384 e. The Bertz CT molecular complexity index is 364. The van der Waals surface area contributed by atoms with Crippen molar-refractivity contribution in [3.05, 3.63) is 16.1 Å². The van der Waals surface area contributed by atoms with Gasteiger partial charge in [-0.15, -0.1) is 22.9 Å². The van der Waals surface area contributed by atoms with E-state index in [0.29, 0.717) is 5.88 Å². The lowest BCUT2D eigenvalue weighted by atomic mass is 9.98. The van der Waals surface area contributed by atoms with Crippen LogP contribution < -0.4 is 0 Å². The van der Waals surface area contributed by atoms with E-state index in [0.717, 1.165) is 24.6 Å². The summed E-state index contributed by atoms with van der Waals surface area (Å²) in [5, 5.41) is 3.29. The number of aromatic nitrogens is 1. The van der Waals surface area contributed by atoms with Crippen LogP contribution >= 0.6 is 22.9 Å². The van der Waals surface area contributed by atoms with Crippen LogP contribution in [-0.2, 0) is 17.0 Å². The number of thiazole rings is 1. The lowest BCUT2D eigenvalue weighted by Crippen LogP contribution is -2.35. The normalized spacial score (nSPS) is 18.0. The lowest BCUT2D eigenvalue weighted by Gasteiger charge is -2.31. The van der Waals surface area contributed by atoms with Gasteiger partial charge in [0.15, 0.2) is 0 Å². The van der Waals surface area contributed by atoms with E-state index >= 15 is 0 Å². The molecule has 1 fully saturated rings. The minimum absolute atomic E-state index is 0.531. The Hall–Kier alpha value is -0.160. The van der Waals surface area contributed by atoms with Crippen LogP contribution in [0, 0.1) is 5.92 Å². The molecule has 1 aromatic heterocycles. The molecule has 0 saturated carbocycles. The number of hydrogen-bond donors (Lipinski definition) is 0. The molecule has 19 heavy (non-hydrogen) atoms. The molecule has 0 unspecified atom stereocenters. The lowest BCUT2D eigenvalue weighted by molar-refractivity contribution is 0.0991. The standard InChI is InChI=1S/C14H23ClN2OS/c1-18-10-12-4-7-17(8-5-12)6-2-3-14-16-13(9-15)11-19-14/h11-12H,2-10H2,1H3. The van der Waals surface area contributed by atoms with Crippen LogP contribution in [0.1, 0.15) is 30.0 Å².